The van der Waals surface area contributed by atoms with Crippen LogP contribution in [0, 0.1) is 0 Å². The van der Waals surface area contributed by atoms with Crippen LogP contribution in [-0.4, -0.2) is 29.8 Å². The Bertz CT molecular complexity index is 446. The normalized spacial score (nSPS) is 25.8. The van der Waals surface area contributed by atoms with Crippen molar-refractivity contribution in [1.29, 1.82) is 0 Å². The summed E-state index contributed by atoms with van der Waals surface area (Å²) in [6.07, 6.45) is 3.52. The van der Waals surface area contributed by atoms with Gasteiger partial charge in [-0.3, -0.25) is 0 Å². The first-order chi connectivity index (χ1) is 10.1. The molecule has 0 saturated carbocycles. The molecule has 0 aliphatic carbocycles. The van der Waals surface area contributed by atoms with Crippen molar-refractivity contribution >= 4 is 11.6 Å². The predicted octanol–water partition coefficient (Wildman–Crippen LogP) is 3.57. The van der Waals surface area contributed by atoms with Crippen LogP contribution in [0.5, 0.6) is 5.88 Å². The highest BCUT2D eigenvalue weighted by molar-refractivity contribution is 6.31. The van der Waals surface area contributed by atoms with Crippen LogP contribution in [0.25, 0.3) is 0 Å². The number of nitrogens with zero attached hydrogens (tertiary/aromatic N) is 1. The standard InChI is InChI=1S/C16H25ClN2O2/c1-4-7-18-10-15-14(17)5-6-16(19-15)21-13-8-11(2)20-12(3)9-13/h5-6,11-13,18H,4,7-10H2,1-3H3. The van der Waals surface area contributed by atoms with Crippen molar-refractivity contribution in [3.63, 3.8) is 0 Å². The molecule has 0 spiro atoms. The second-order valence-corrected chi connectivity index (χ2v) is 6.13. The molecule has 1 aliphatic rings. The smallest absolute Gasteiger partial charge is 0.213 e. The molecule has 1 aliphatic heterocycles. The molecule has 1 N–H and O–H groups in total. The second kappa shape index (κ2) is 7.97. The van der Waals surface area contributed by atoms with Gasteiger partial charge in [0.2, 0.25) is 5.88 Å². The van der Waals surface area contributed by atoms with E-state index in [4.69, 9.17) is 21.1 Å². The molecule has 0 bridgehead atoms. The van der Waals surface area contributed by atoms with Crippen molar-refractivity contribution in [3.05, 3.63) is 22.8 Å². The molecular weight excluding hydrogens is 288 g/mol. The molecule has 2 rings (SSSR count). The Balaban J connectivity index is 1.98. The molecule has 1 aromatic heterocycles. The maximum absolute atomic E-state index is 6.19. The number of ether oxygens (including phenoxy) is 2. The largest absolute Gasteiger partial charge is 0.474 e. The zero-order chi connectivity index (χ0) is 15.2. The van der Waals surface area contributed by atoms with Gasteiger partial charge in [0.25, 0.3) is 0 Å². The van der Waals surface area contributed by atoms with Crippen LogP contribution in [0.3, 0.4) is 0 Å². The molecular formula is C16H25ClN2O2. The molecule has 4 nitrogen and oxygen atoms in total. The first-order valence-corrected chi connectivity index (χ1v) is 8.14. The van der Waals surface area contributed by atoms with E-state index in [1.165, 1.54) is 0 Å². The number of rotatable bonds is 6. The summed E-state index contributed by atoms with van der Waals surface area (Å²) in [6.45, 7) is 7.93. The van der Waals surface area contributed by atoms with Gasteiger partial charge in [0.15, 0.2) is 0 Å². The molecule has 2 atom stereocenters. The Morgan fingerprint density at radius 1 is 1.33 bits per heavy atom. The first kappa shape index (κ1) is 16.5. The average Bonchev–Trinajstić information content (AvgIpc) is 2.41. The van der Waals surface area contributed by atoms with E-state index in [2.05, 4.69) is 31.1 Å². The molecule has 0 amide bonds. The van der Waals surface area contributed by atoms with Gasteiger partial charge in [-0.15, -0.1) is 0 Å². The monoisotopic (exact) mass is 312 g/mol. The van der Waals surface area contributed by atoms with Crippen LogP contribution in [0.1, 0.15) is 45.7 Å². The summed E-state index contributed by atoms with van der Waals surface area (Å²) in [6, 6.07) is 3.70. The van der Waals surface area contributed by atoms with Gasteiger partial charge in [0.05, 0.1) is 22.9 Å². The minimum absolute atomic E-state index is 0.161. The maximum Gasteiger partial charge on any atom is 0.213 e. The summed E-state index contributed by atoms with van der Waals surface area (Å²) >= 11 is 6.19. The van der Waals surface area contributed by atoms with E-state index >= 15 is 0 Å². The lowest BCUT2D eigenvalue weighted by molar-refractivity contribution is -0.0729. The van der Waals surface area contributed by atoms with E-state index < -0.39 is 0 Å². The van der Waals surface area contributed by atoms with Crippen molar-refractivity contribution in [2.24, 2.45) is 0 Å². The number of aromatic nitrogens is 1. The van der Waals surface area contributed by atoms with E-state index in [1.807, 2.05) is 12.1 Å². The highest BCUT2D eigenvalue weighted by Gasteiger charge is 2.26. The van der Waals surface area contributed by atoms with E-state index in [1.54, 1.807) is 0 Å². The van der Waals surface area contributed by atoms with Crippen LogP contribution in [0.15, 0.2) is 12.1 Å². The van der Waals surface area contributed by atoms with Crippen LogP contribution in [-0.2, 0) is 11.3 Å². The quantitative estimate of drug-likeness (QED) is 0.816. The molecule has 118 valence electrons. The molecule has 2 heterocycles. The molecule has 1 fully saturated rings. The Labute approximate surface area is 132 Å². The zero-order valence-electron chi connectivity index (χ0n) is 13.1. The summed E-state index contributed by atoms with van der Waals surface area (Å²) in [5.74, 6) is 0.652. The number of hydrogen-bond acceptors (Lipinski definition) is 4. The lowest BCUT2D eigenvalue weighted by atomic mass is 10.0. The molecule has 21 heavy (non-hydrogen) atoms. The number of hydrogen-bond donors (Lipinski definition) is 1. The van der Waals surface area contributed by atoms with Gasteiger partial charge < -0.3 is 14.8 Å². The van der Waals surface area contributed by atoms with Gasteiger partial charge in [0.1, 0.15) is 6.10 Å². The summed E-state index contributed by atoms with van der Waals surface area (Å²) in [7, 11) is 0. The minimum Gasteiger partial charge on any atom is -0.474 e. The second-order valence-electron chi connectivity index (χ2n) is 5.72. The van der Waals surface area contributed by atoms with Crippen molar-refractivity contribution < 1.29 is 9.47 Å². The summed E-state index contributed by atoms with van der Waals surface area (Å²) in [4.78, 5) is 4.53. The van der Waals surface area contributed by atoms with Crippen molar-refractivity contribution in [1.82, 2.24) is 10.3 Å². The van der Waals surface area contributed by atoms with Gasteiger partial charge >= 0.3 is 0 Å². The number of halogens is 1. The van der Waals surface area contributed by atoms with Gasteiger partial charge in [-0.05, 0) is 32.9 Å². The summed E-state index contributed by atoms with van der Waals surface area (Å²) < 4.78 is 11.8. The van der Waals surface area contributed by atoms with Gasteiger partial charge in [-0.1, -0.05) is 18.5 Å². The van der Waals surface area contributed by atoms with Crippen molar-refractivity contribution in [3.8, 4) is 5.88 Å². The highest BCUT2D eigenvalue weighted by atomic mass is 35.5. The fourth-order valence-corrected chi connectivity index (χ4v) is 2.82. The SMILES string of the molecule is CCCNCc1nc(OC2CC(C)OC(C)C2)ccc1Cl. The third-order valence-corrected chi connectivity index (χ3v) is 3.90. The van der Waals surface area contributed by atoms with Gasteiger partial charge in [-0.2, -0.15) is 0 Å². The maximum atomic E-state index is 6.19. The van der Waals surface area contributed by atoms with E-state index in [0.717, 1.165) is 31.5 Å². The highest BCUT2D eigenvalue weighted by Crippen LogP contribution is 2.25. The van der Waals surface area contributed by atoms with E-state index in [-0.39, 0.29) is 18.3 Å². The number of pyridine rings is 1. The summed E-state index contributed by atoms with van der Waals surface area (Å²) in [5, 5.41) is 3.99. The predicted molar refractivity (Wildman–Crippen MR) is 84.9 cm³/mol. The molecule has 2 unspecified atom stereocenters. The Morgan fingerprint density at radius 2 is 2.05 bits per heavy atom. The third kappa shape index (κ3) is 5.13. The van der Waals surface area contributed by atoms with Crippen LogP contribution < -0.4 is 10.1 Å². The van der Waals surface area contributed by atoms with E-state index in [9.17, 15) is 0 Å². The minimum atomic E-state index is 0.161. The average molecular weight is 313 g/mol. The molecule has 0 aromatic carbocycles. The van der Waals surface area contributed by atoms with Gasteiger partial charge in [0, 0.05) is 25.5 Å². The van der Waals surface area contributed by atoms with Crippen molar-refractivity contribution in [2.45, 2.75) is 64.9 Å². The van der Waals surface area contributed by atoms with Crippen molar-refractivity contribution in [2.75, 3.05) is 6.54 Å². The topological polar surface area (TPSA) is 43.4 Å². The molecule has 1 saturated heterocycles. The molecule has 0 radical (unpaired) electrons. The first-order valence-electron chi connectivity index (χ1n) is 7.76. The Hall–Kier alpha value is -0.840. The lowest BCUT2D eigenvalue weighted by Crippen LogP contribution is -2.35. The Kier molecular flexibility index (Phi) is 6.27. The zero-order valence-corrected chi connectivity index (χ0v) is 13.8. The fraction of sp³-hybridized carbons (Fsp3) is 0.688. The molecule has 5 heteroatoms. The Morgan fingerprint density at radius 3 is 2.71 bits per heavy atom. The number of nitrogens with one attached hydrogen (secondary N) is 1. The van der Waals surface area contributed by atoms with E-state index in [0.29, 0.717) is 17.4 Å². The van der Waals surface area contributed by atoms with Gasteiger partial charge in [-0.25, -0.2) is 4.98 Å². The fourth-order valence-electron chi connectivity index (χ4n) is 2.65. The van der Waals surface area contributed by atoms with Crippen LogP contribution >= 0.6 is 11.6 Å². The van der Waals surface area contributed by atoms with Crippen LogP contribution in [0.4, 0.5) is 0 Å². The third-order valence-electron chi connectivity index (χ3n) is 3.55. The summed E-state index contributed by atoms with van der Waals surface area (Å²) in [5.41, 5.74) is 0.843. The van der Waals surface area contributed by atoms with Crippen LogP contribution in [0.2, 0.25) is 5.02 Å². The molecule has 1 aromatic rings. The lowest BCUT2D eigenvalue weighted by Gasteiger charge is -2.32.